The molecule has 1 aromatic carbocycles. The highest BCUT2D eigenvalue weighted by atomic mass is 16.5. The molecule has 1 aromatic rings. The first-order valence-electron chi connectivity index (χ1n) is 8.66. The normalized spacial score (nSPS) is 25.1. The molecular formula is C19H24N2O2. The zero-order chi connectivity index (χ0) is 16.2. The number of nitrogens with zero attached hydrogens (tertiary/aromatic N) is 2. The smallest absolute Gasteiger partial charge is 0.263 e. The van der Waals surface area contributed by atoms with E-state index in [0.29, 0.717) is 23.3 Å². The Hall–Kier alpha value is -2.02. The van der Waals surface area contributed by atoms with E-state index >= 15 is 0 Å². The van der Waals surface area contributed by atoms with Crippen molar-refractivity contribution in [2.75, 3.05) is 6.54 Å². The molecular weight excluding hydrogens is 288 g/mol. The summed E-state index contributed by atoms with van der Waals surface area (Å²) in [6.07, 6.45) is 6.83. The maximum Gasteiger partial charge on any atom is 0.263 e. The third-order valence-corrected chi connectivity index (χ3v) is 5.17. The van der Waals surface area contributed by atoms with Gasteiger partial charge in [-0.25, -0.2) is 0 Å². The van der Waals surface area contributed by atoms with Crippen molar-refractivity contribution in [2.45, 2.75) is 57.6 Å². The first-order valence-corrected chi connectivity index (χ1v) is 8.66. The van der Waals surface area contributed by atoms with E-state index < -0.39 is 6.10 Å². The van der Waals surface area contributed by atoms with E-state index in [-0.39, 0.29) is 5.91 Å². The molecule has 4 nitrogen and oxygen atoms in total. The van der Waals surface area contributed by atoms with E-state index in [1.807, 2.05) is 6.92 Å². The fraction of sp³-hybridized carbons (Fsp3) is 0.579. The lowest BCUT2D eigenvalue weighted by atomic mass is 9.78. The lowest BCUT2D eigenvalue weighted by Crippen LogP contribution is -2.53. The van der Waals surface area contributed by atoms with Crippen LogP contribution in [0.5, 0.6) is 5.75 Å². The highest BCUT2D eigenvalue weighted by molar-refractivity contribution is 5.81. The minimum atomic E-state index is -0.483. The van der Waals surface area contributed by atoms with Gasteiger partial charge >= 0.3 is 0 Å². The molecule has 0 bridgehead atoms. The zero-order valence-corrected chi connectivity index (χ0v) is 13.7. The molecule has 0 unspecified atom stereocenters. The van der Waals surface area contributed by atoms with Gasteiger partial charge < -0.3 is 9.64 Å². The number of piperidine rings is 1. The van der Waals surface area contributed by atoms with Crippen molar-refractivity contribution in [3.8, 4) is 11.8 Å². The van der Waals surface area contributed by atoms with Crippen LogP contribution in [0.25, 0.3) is 0 Å². The van der Waals surface area contributed by atoms with Gasteiger partial charge in [-0.3, -0.25) is 4.79 Å². The maximum absolute atomic E-state index is 12.8. The molecule has 23 heavy (non-hydrogen) atoms. The van der Waals surface area contributed by atoms with Crippen LogP contribution in [0.15, 0.2) is 24.3 Å². The molecule has 2 fully saturated rings. The van der Waals surface area contributed by atoms with E-state index in [2.05, 4.69) is 11.0 Å². The largest absolute Gasteiger partial charge is 0.481 e. The molecule has 0 radical (unpaired) electrons. The van der Waals surface area contributed by atoms with E-state index in [1.54, 1.807) is 24.3 Å². The van der Waals surface area contributed by atoms with Gasteiger partial charge in [0.1, 0.15) is 5.75 Å². The van der Waals surface area contributed by atoms with Crippen molar-refractivity contribution >= 4 is 5.91 Å². The summed E-state index contributed by atoms with van der Waals surface area (Å²) in [5.74, 6) is 1.43. The number of benzene rings is 1. The fourth-order valence-corrected chi connectivity index (χ4v) is 3.99. The summed E-state index contributed by atoms with van der Waals surface area (Å²) in [6.45, 7) is 2.69. The van der Waals surface area contributed by atoms with Crippen molar-refractivity contribution in [1.82, 2.24) is 4.90 Å². The Labute approximate surface area is 138 Å². The molecule has 1 heterocycles. The number of fused-ring (bicyclic) bond motifs is 1. The van der Waals surface area contributed by atoms with Crippen LogP contribution in [0.4, 0.5) is 0 Å². The molecule has 3 atom stereocenters. The van der Waals surface area contributed by atoms with Crippen molar-refractivity contribution in [3.63, 3.8) is 0 Å². The van der Waals surface area contributed by atoms with Crippen LogP contribution in [0.3, 0.4) is 0 Å². The summed E-state index contributed by atoms with van der Waals surface area (Å²) in [4.78, 5) is 14.9. The monoisotopic (exact) mass is 312 g/mol. The second-order valence-electron chi connectivity index (χ2n) is 6.68. The molecule has 2 aliphatic rings. The van der Waals surface area contributed by atoms with Gasteiger partial charge in [-0.15, -0.1) is 0 Å². The Morgan fingerprint density at radius 3 is 2.65 bits per heavy atom. The van der Waals surface area contributed by atoms with Crippen molar-refractivity contribution in [1.29, 1.82) is 5.26 Å². The standard InChI is InChI=1S/C19H24N2O2/c1-14(23-17-10-8-15(13-20)9-11-17)19(22)21-12-4-6-16-5-2-3-7-18(16)21/h8-11,14,16,18H,2-7,12H2,1H3/t14-,16-,18+/m0/s1. The number of ether oxygens (including phenoxy) is 1. The van der Waals surface area contributed by atoms with E-state index in [9.17, 15) is 4.79 Å². The molecule has 1 saturated heterocycles. The van der Waals surface area contributed by atoms with Crippen molar-refractivity contribution in [3.05, 3.63) is 29.8 Å². The van der Waals surface area contributed by atoms with Gasteiger partial charge in [0.2, 0.25) is 0 Å². The van der Waals surface area contributed by atoms with Gasteiger partial charge in [0.05, 0.1) is 11.6 Å². The summed E-state index contributed by atoms with van der Waals surface area (Å²) in [7, 11) is 0. The average Bonchev–Trinajstić information content (AvgIpc) is 2.61. The topological polar surface area (TPSA) is 53.3 Å². The number of hydrogen-bond donors (Lipinski definition) is 0. The summed E-state index contributed by atoms with van der Waals surface area (Å²) in [5, 5.41) is 8.83. The van der Waals surface area contributed by atoms with E-state index in [1.165, 1.54) is 25.7 Å². The van der Waals surface area contributed by atoms with Crippen LogP contribution in [0.1, 0.15) is 51.0 Å². The number of carbonyl (C=O) groups excluding carboxylic acids is 1. The van der Waals surface area contributed by atoms with Crippen LogP contribution >= 0.6 is 0 Å². The van der Waals surface area contributed by atoms with Gasteiger partial charge in [0, 0.05) is 12.6 Å². The molecule has 1 aliphatic carbocycles. The average molecular weight is 312 g/mol. The first kappa shape index (κ1) is 15.9. The minimum absolute atomic E-state index is 0.103. The zero-order valence-electron chi connectivity index (χ0n) is 13.7. The summed E-state index contributed by atoms with van der Waals surface area (Å²) in [6, 6.07) is 9.43. The van der Waals surface area contributed by atoms with E-state index in [0.717, 1.165) is 19.4 Å². The lowest BCUT2D eigenvalue weighted by molar-refractivity contribution is -0.144. The number of rotatable bonds is 3. The molecule has 3 rings (SSSR count). The van der Waals surface area contributed by atoms with E-state index in [4.69, 9.17) is 10.00 Å². The van der Waals surface area contributed by atoms with Crippen LogP contribution < -0.4 is 4.74 Å². The Bertz CT molecular complexity index is 588. The maximum atomic E-state index is 12.8. The second kappa shape index (κ2) is 7.04. The summed E-state index contributed by atoms with van der Waals surface area (Å²) < 4.78 is 5.81. The number of amides is 1. The van der Waals surface area contributed by atoms with Crippen molar-refractivity contribution in [2.24, 2.45) is 5.92 Å². The molecule has 0 N–H and O–H groups in total. The van der Waals surface area contributed by atoms with Gasteiger partial charge in [-0.05, 0) is 62.8 Å². The van der Waals surface area contributed by atoms with Crippen LogP contribution in [-0.2, 0) is 4.79 Å². The van der Waals surface area contributed by atoms with Gasteiger partial charge in [0.15, 0.2) is 6.10 Å². The van der Waals surface area contributed by atoms with Crippen LogP contribution in [-0.4, -0.2) is 29.5 Å². The Balaban J connectivity index is 1.65. The highest BCUT2D eigenvalue weighted by Gasteiger charge is 2.37. The fourth-order valence-electron chi connectivity index (χ4n) is 3.99. The molecule has 1 aliphatic heterocycles. The number of likely N-dealkylation sites (tertiary alicyclic amines) is 1. The second-order valence-corrected chi connectivity index (χ2v) is 6.68. The van der Waals surface area contributed by atoms with Gasteiger partial charge in [-0.1, -0.05) is 12.8 Å². The van der Waals surface area contributed by atoms with Crippen LogP contribution in [0.2, 0.25) is 0 Å². The number of nitriles is 1. The van der Waals surface area contributed by atoms with Crippen LogP contribution in [0, 0.1) is 17.2 Å². The molecule has 0 aromatic heterocycles. The molecule has 4 heteroatoms. The Morgan fingerprint density at radius 2 is 1.91 bits per heavy atom. The lowest BCUT2D eigenvalue weighted by Gasteiger charge is -2.44. The molecule has 0 spiro atoms. The quantitative estimate of drug-likeness (QED) is 0.858. The Kier molecular flexibility index (Phi) is 4.85. The Morgan fingerprint density at radius 1 is 1.22 bits per heavy atom. The van der Waals surface area contributed by atoms with Crippen molar-refractivity contribution < 1.29 is 9.53 Å². The third kappa shape index (κ3) is 3.50. The molecule has 1 amide bonds. The SMILES string of the molecule is C[C@H](Oc1ccc(C#N)cc1)C(=O)N1CCC[C@@H]2CCCC[C@H]21. The highest BCUT2D eigenvalue weighted by Crippen LogP contribution is 2.35. The third-order valence-electron chi connectivity index (χ3n) is 5.17. The summed E-state index contributed by atoms with van der Waals surface area (Å²) >= 11 is 0. The minimum Gasteiger partial charge on any atom is -0.481 e. The number of hydrogen-bond acceptors (Lipinski definition) is 3. The van der Waals surface area contributed by atoms with Gasteiger partial charge in [0.25, 0.3) is 5.91 Å². The first-order chi connectivity index (χ1) is 11.2. The predicted octanol–water partition coefficient (Wildman–Crippen LogP) is 3.51. The van der Waals surface area contributed by atoms with Gasteiger partial charge in [-0.2, -0.15) is 5.26 Å². The predicted molar refractivity (Wildman–Crippen MR) is 87.9 cm³/mol. The molecule has 1 saturated carbocycles. The number of carbonyl (C=O) groups is 1. The summed E-state index contributed by atoms with van der Waals surface area (Å²) in [5.41, 5.74) is 0.595. The molecule has 122 valence electrons.